The SMILES string of the molecule is Nc1cccc(C(=O)O)c1N1CCCc2ccccc21. The molecule has 0 atom stereocenters. The third kappa shape index (κ3) is 1.99. The summed E-state index contributed by atoms with van der Waals surface area (Å²) in [4.78, 5) is 13.5. The number of carbonyl (C=O) groups is 1. The molecule has 0 saturated carbocycles. The molecule has 0 aliphatic carbocycles. The molecule has 3 rings (SSSR count). The van der Waals surface area contributed by atoms with E-state index >= 15 is 0 Å². The van der Waals surface area contributed by atoms with Gasteiger partial charge in [-0.2, -0.15) is 0 Å². The summed E-state index contributed by atoms with van der Waals surface area (Å²) < 4.78 is 0. The summed E-state index contributed by atoms with van der Waals surface area (Å²) in [5.41, 5.74) is 9.69. The number of para-hydroxylation sites is 2. The number of hydrogen-bond donors (Lipinski definition) is 2. The average Bonchev–Trinajstić information content (AvgIpc) is 2.46. The van der Waals surface area contributed by atoms with Crippen molar-refractivity contribution in [1.29, 1.82) is 0 Å². The number of aromatic carboxylic acids is 1. The highest BCUT2D eigenvalue weighted by atomic mass is 16.4. The van der Waals surface area contributed by atoms with Gasteiger partial charge in [-0.1, -0.05) is 24.3 Å². The fourth-order valence-corrected chi connectivity index (χ4v) is 2.80. The second-order valence-electron chi connectivity index (χ2n) is 4.93. The van der Waals surface area contributed by atoms with E-state index < -0.39 is 5.97 Å². The summed E-state index contributed by atoms with van der Waals surface area (Å²) >= 11 is 0. The molecular formula is C16H16N2O2. The predicted molar refractivity (Wildman–Crippen MR) is 79.6 cm³/mol. The van der Waals surface area contributed by atoms with Crippen LogP contribution in [0.3, 0.4) is 0 Å². The number of hydrogen-bond acceptors (Lipinski definition) is 3. The van der Waals surface area contributed by atoms with Gasteiger partial charge >= 0.3 is 5.97 Å². The van der Waals surface area contributed by atoms with Gasteiger partial charge in [0, 0.05) is 12.2 Å². The summed E-state index contributed by atoms with van der Waals surface area (Å²) in [5, 5.41) is 9.39. The van der Waals surface area contributed by atoms with Gasteiger partial charge in [0.25, 0.3) is 0 Å². The largest absolute Gasteiger partial charge is 0.478 e. The lowest BCUT2D eigenvalue weighted by atomic mass is 9.99. The van der Waals surface area contributed by atoms with Crippen molar-refractivity contribution in [3.8, 4) is 0 Å². The molecule has 0 fully saturated rings. The first-order valence-electron chi connectivity index (χ1n) is 6.65. The smallest absolute Gasteiger partial charge is 0.337 e. The van der Waals surface area contributed by atoms with Gasteiger partial charge in [0.15, 0.2) is 0 Å². The van der Waals surface area contributed by atoms with E-state index in [9.17, 15) is 9.90 Å². The van der Waals surface area contributed by atoms with Gasteiger partial charge in [0.1, 0.15) is 0 Å². The molecule has 0 radical (unpaired) electrons. The van der Waals surface area contributed by atoms with Crippen LogP contribution >= 0.6 is 0 Å². The third-order valence-electron chi connectivity index (χ3n) is 3.68. The minimum atomic E-state index is -0.949. The van der Waals surface area contributed by atoms with Gasteiger partial charge < -0.3 is 15.7 Å². The molecule has 3 N–H and O–H groups in total. The number of benzene rings is 2. The van der Waals surface area contributed by atoms with Crippen LogP contribution < -0.4 is 10.6 Å². The highest BCUT2D eigenvalue weighted by Crippen LogP contribution is 2.38. The second-order valence-corrected chi connectivity index (χ2v) is 4.93. The Bertz CT molecular complexity index is 667. The fourth-order valence-electron chi connectivity index (χ4n) is 2.80. The Morgan fingerprint density at radius 3 is 2.75 bits per heavy atom. The Morgan fingerprint density at radius 1 is 1.15 bits per heavy atom. The number of nitrogen functional groups attached to an aromatic ring is 1. The molecule has 0 amide bonds. The summed E-state index contributed by atoms with van der Waals surface area (Å²) in [6.07, 6.45) is 2.01. The van der Waals surface area contributed by atoms with Crippen LogP contribution in [0, 0.1) is 0 Å². The molecule has 20 heavy (non-hydrogen) atoms. The number of carboxylic acid groups (broad SMARTS) is 1. The van der Waals surface area contributed by atoms with E-state index in [2.05, 4.69) is 6.07 Å². The van der Waals surface area contributed by atoms with Crippen LogP contribution in [0.15, 0.2) is 42.5 Å². The van der Waals surface area contributed by atoms with Crippen LogP contribution in [0.5, 0.6) is 0 Å². The Kier molecular flexibility index (Phi) is 3.06. The molecule has 1 heterocycles. The molecule has 2 aromatic rings. The van der Waals surface area contributed by atoms with Crippen molar-refractivity contribution in [3.05, 3.63) is 53.6 Å². The van der Waals surface area contributed by atoms with Gasteiger partial charge in [-0.25, -0.2) is 4.79 Å². The van der Waals surface area contributed by atoms with Gasteiger partial charge in [-0.15, -0.1) is 0 Å². The van der Waals surface area contributed by atoms with Crippen LogP contribution in [0.25, 0.3) is 0 Å². The first-order valence-corrected chi connectivity index (χ1v) is 6.65. The standard InChI is InChI=1S/C16H16N2O2/c17-13-8-3-7-12(16(19)20)15(13)18-10-4-6-11-5-1-2-9-14(11)18/h1-3,5,7-9H,4,6,10,17H2,(H,19,20). The molecule has 0 unspecified atom stereocenters. The lowest BCUT2D eigenvalue weighted by molar-refractivity contribution is 0.0697. The number of nitrogens with zero attached hydrogens (tertiary/aromatic N) is 1. The molecule has 1 aliphatic rings. The molecule has 0 saturated heterocycles. The zero-order valence-corrected chi connectivity index (χ0v) is 11.0. The highest BCUT2D eigenvalue weighted by Gasteiger charge is 2.24. The topological polar surface area (TPSA) is 66.6 Å². The lowest BCUT2D eigenvalue weighted by Crippen LogP contribution is -2.27. The number of rotatable bonds is 2. The van der Waals surface area contributed by atoms with Gasteiger partial charge in [-0.05, 0) is 36.6 Å². The Balaban J connectivity index is 2.18. The van der Waals surface area contributed by atoms with E-state index in [4.69, 9.17) is 5.73 Å². The maximum Gasteiger partial charge on any atom is 0.337 e. The Labute approximate surface area is 117 Å². The molecule has 102 valence electrons. The van der Waals surface area contributed by atoms with Crippen molar-refractivity contribution in [2.24, 2.45) is 0 Å². The molecular weight excluding hydrogens is 252 g/mol. The molecule has 1 aliphatic heterocycles. The summed E-state index contributed by atoms with van der Waals surface area (Å²) in [7, 11) is 0. The number of anilines is 3. The summed E-state index contributed by atoms with van der Waals surface area (Å²) in [6.45, 7) is 0.783. The molecule has 0 spiro atoms. The molecule has 4 heteroatoms. The van der Waals surface area contributed by atoms with Crippen molar-refractivity contribution in [3.63, 3.8) is 0 Å². The van der Waals surface area contributed by atoms with Crippen molar-refractivity contribution in [2.75, 3.05) is 17.2 Å². The van der Waals surface area contributed by atoms with Crippen molar-refractivity contribution >= 4 is 23.0 Å². The van der Waals surface area contributed by atoms with E-state index in [0.717, 1.165) is 25.1 Å². The molecule has 2 aromatic carbocycles. The van der Waals surface area contributed by atoms with Crippen LogP contribution in [0.4, 0.5) is 17.1 Å². The van der Waals surface area contributed by atoms with E-state index in [-0.39, 0.29) is 5.56 Å². The summed E-state index contributed by atoms with van der Waals surface area (Å²) in [6, 6.07) is 13.1. The zero-order chi connectivity index (χ0) is 14.1. The first-order chi connectivity index (χ1) is 9.68. The molecule has 0 bridgehead atoms. The average molecular weight is 268 g/mol. The number of nitrogens with two attached hydrogens (primary N) is 1. The van der Waals surface area contributed by atoms with E-state index in [1.165, 1.54) is 5.56 Å². The highest BCUT2D eigenvalue weighted by molar-refractivity contribution is 5.99. The Hall–Kier alpha value is -2.49. The van der Waals surface area contributed by atoms with E-state index in [0.29, 0.717) is 11.4 Å². The summed E-state index contributed by atoms with van der Waals surface area (Å²) in [5.74, 6) is -0.949. The number of carboxylic acids is 1. The van der Waals surface area contributed by atoms with Crippen LogP contribution in [-0.4, -0.2) is 17.6 Å². The van der Waals surface area contributed by atoms with Crippen LogP contribution in [0.2, 0.25) is 0 Å². The van der Waals surface area contributed by atoms with Crippen molar-refractivity contribution < 1.29 is 9.90 Å². The number of fused-ring (bicyclic) bond motifs is 1. The van der Waals surface area contributed by atoms with Gasteiger partial charge in [-0.3, -0.25) is 0 Å². The minimum absolute atomic E-state index is 0.252. The zero-order valence-electron chi connectivity index (χ0n) is 11.0. The normalized spacial score (nSPS) is 13.9. The van der Waals surface area contributed by atoms with Gasteiger partial charge in [0.2, 0.25) is 0 Å². The maximum absolute atomic E-state index is 11.4. The van der Waals surface area contributed by atoms with E-state index in [1.54, 1.807) is 18.2 Å². The fraction of sp³-hybridized carbons (Fsp3) is 0.188. The first kappa shape index (κ1) is 12.5. The van der Waals surface area contributed by atoms with Gasteiger partial charge in [0.05, 0.1) is 16.9 Å². The Morgan fingerprint density at radius 2 is 1.95 bits per heavy atom. The molecule has 4 nitrogen and oxygen atoms in total. The molecule has 0 aromatic heterocycles. The quantitative estimate of drug-likeness (QED) is 0.821. The predicted octanol–water partition coefficient (Wildman–Crippen LogP) is 3.05. The number of aryl methyl sites for hydroxylation is 1. The van der Waals surface area contributed by atoms with Crippen molar-refractivity contribution in [1.82, 2.24) is 0 Å². The minimum Gasteiger partial charge on any atom is -0.478 e. The maximum atomic E-state index is 11.4. The lowest BCUT2D eigenvalue weighted by Gasteiger charge is -2.33. The van der Waals surface area contributed by atoms with E-state index in [1.807, 2.05) is 23.1 Å². The van der Waals surface area contributed by atoms with Crippen LogP contribution in [0.1, 0.15) is 22.3 Å². The van der Waals surface area contributed by atoms with Crippen molar-refractivity contribution in [2.45, 2.75) is 12.8 Å². The van der Waals surface area contributed by atoms with Crippen LogP contribution in [-0.2, 0) is 6.42 Å². The monoisotopic (exact) mass is 268 g/mol. The second kappa shape index (κ2) is 4.89. The third-order valence-corrected chi connectivity index (χ3v) is 3.68.